The summed E-state index contributed by atoms with van der Waals surface area (Å²) in [4.78, 5) is 24.2. The van der Waals surface area contributed by atoms with E-state index in [9.17, 15) is 14.0 Å². The number of hydrazone groups is 1. The number of carbonyl (C=O) groups is 2. The SMILES string of the molecule is C[C@H](Oc1ccc(Cl)cc1Cl)C(=O)N/N=C\c1ccc(OC(=O)c2ccccc2F)cc1. The number of rotatable bonds is 7. The lowest BCUT2D eigenvalue weighted by Crippen LogP contribution is -2.33. The van der Waals surface area contributed by atoms with Gasteiger partial charge in [0.1, 0.15) is 17.3 Å². The maximum absolute atomic E-state index is 13.7. The van der Waals surface area contributed by atoms with Crippen molar-refractivity contribution in [2.45, 2.75) is 13.0 Å². The van der Waals surface area contributed by atoms with Crippen molar-refractivity contribution < 1.29 is 23.5 Å². The van der Waals surface area contributed by atoms with Gasteiger partial charge in [-0.2, -0.15) is 5.10 Å². The fourth-order valence-electron chi connectivity index (χ4n) is 2.49. The number of esters is 1. The summed E-state index contributed by atoms with van der Waals surface area (Å²) in [6.07, 6.45) is 0.550. The third-order valence-electron chi connectivity index (χ3n) is 4.14. The predicted molar refractivity (Wildman–Crippen MR) is 120 cm³/mol. The average Bonchev–Trinajstić information content (AvgIpc) is 2.77. The molecule has 9 heteroatoms. The molecule has 164 valence electrons. The molecule has 6 nitrogen and oxygen atoms in total. The van der Waals surface area contributed by atoms with Crippen molar-refractivity contribution in [2.75, 3.05) is 0 Å². The highest BCUT2D eigenvalue weighted by atomic mass is 35.5. The van der Waals surface area contributed by atoms with E-state index in [1.165, 1.54) is 42.6 Å². The topological polar surface area (TPSA) is 77.0 Å². The van der Waals surface area contributed by atoms with Crippen LogP contribution >= 0.6 is 23.2 Å². The van der Waals surface area contributed by atoms with E-state index in [0.29, 0.717) is 16.3 Å². The summed E-state index contributed by atoms with van der Waals surface area (Å²) in [5.74, 6) is -1.38. The monoisotopic (exact) mass is 474 g/mol. The van der Waals surface area contributed by atoms with Crippen LogP contribution in [0.1, 0.15) is 22.8 Å². The second-order valence-corrected chi connectivity index (χ2v) is 7.35. The van der Waals surface area contributed by atoms with E-state index in [-0.39, 0.29) is 16.3 Å². The van der Waals surface area contributed by atoms with Crippen molar-refractivity contribution in [3.63, 3.8) is 0 Å². The minimum absolute atomic E-state index is 0.155. The van der Waals surface area contributed by atoms with Crippen molar-refractivity contribution in [3.05, 3.63) is 93.7 Å². The second-order valence-electron chi connectivity index (χ2n) is 6.51. The Labute approximate surface area is 193 Å². The number of benzene rings is 3. The molecule has 3 aromatic carbocycles. The minimum Gasteiger partial charge on any atom is -0.479 e. The smallest absolute Gasteiger partial charge is 0.346 e. The van der Waals surface area contributed by atoms with Crippen molar-refractivity contribution in [1.82, 2.24) is 5.43 Å². The maximum Gasteiger partial charge on any atom is 0.346 e. The van der Waals surface area contributed by atoms with Gasteiger partial charge >= 0.3 is 5.97 Å². The fraction of sp³-hybridized carbons (Fsp3) is 0.0870. The van der Waals surface area contributed by atoms with Crippen LogP contribution in [0.4, 0.5) is 4.39 Å². The Morgan fingerprint density at radius 3 is 2.47 bits per heavy atom. The van der Waals surface area contributed by atoms with Gasteiger partial charge in [-0.25, -0.2) is 14.6 Å². The summed E-state index contributed by atoms with van der Waals surface area (Å²) < 4.78 is 24.3. The third kappa shape index (κ3) is 6.29. The molecule has 1 atom stereocenters. The quantitative estimate of drug-likeness (QED) is 0.219. The fourth-order valence-corrected chi connectivity index (χ4v) is 2.94. The highest BCUT2D eigenvalue weighted by molar-refractivity contribution is 6.35. The largest absolute Gasteiger partial charge is 0.479 e. The summed E-state index contributed by atoms with van der Waals surface area (Å²) in [5, 5.41) is 4.62. The Hall–Kier alpha value is -3.42. The lowest BCUT2D eigenvalue weighted by atomic mass is 10.2. The molecule has 0 aliphatic carbocycles. The molecular weight excluding hydrogens is 458 g/mol. The van der Waals surface area contributed by atoms with Gasteiger partial charge in [-0.15, -0.1) is 0 Å². The van der Waals surface area contributed by atoms with Crippen molar-refractivity contribution in [1.29, 1.82) is 0 Å². The summed E-state index contributed by atoms with van der Waals surface area (Å²) in [7, 11) is 0. The Kier molecular flexibility index (Phi) is 7.81. The predicted octanol–water partition coefficient (Wildman–Crippen LogP) is 5.27. The normalized spacial score (nSPS) is 11.8. The molecule has 0 aromatic heterocycles. The van der Waals surface area contributed by atoms with Crippen LogP contribution in [0.5, 0.6) is 11.5 Å². The molecule has 0 aliphatic heterocycles. The number of nitrogens with zero attached hydrogens (tertiary/aromatic N) is 1. The third-order valence-corrected chi connectivity index (χ3v) is 4.67. The maximum atomic E-state index is 13.7. The van der Waals surface area contributed by atoms with Crippen LogP contribution in [0, 0.1) is 5.82 Å². The zero-order valence-corrected chi connectivity index (χ0v) is 18.2. The molecule has 0 spiro atoms. The van der Waals surface area contributed by atoms with Crippen LogP contribution in [-0.4, -0.2) is 24.2 Å². The Morgan fingerprint density at radius 1 is 1.06 bits per heavy atom. The van der Waals surface area contributed by atoms with Crippen molar-refractivity contribution in [3.8, 4) is 11.5 Å². The first kappa shape index (κ1) is 23.2. The zero-order chi connectivity index (χ0) is 23.1. The molecule has 0 saturated heterocycles. The Bertz CT molecular complexity index is 1150. The Morgan fingerprint density at radius 2 is 1.78 bits per heavy atom. The second kappa shape index (κ2) is 10.7. The van der Waals surface area contributed by atoms with Gasteiger partial charge in [0, 0.05) is 5.02 Å². The van der Waals surface area contributed by atoms with Crippen molar-refractivity contribution >= 4 is 41.3 Å². The summed E-state index contributed by atoms with van der Waals surface area (Å²) in [6, 6.07) is 16.5. The molecule has 0 unspecified atom stereocenters. The van der Waals surface area contributed by atoms with Crippen LogP contribution in [0.2, 0.25) is 10.0 Å². The van der Waals surface area contributed by atoms with Crippen LogP contribution in [-0.2, 0) is 4.79 Å². The first-order valence-electron chi connectivity index (χ1n) is 9.35. The molecule has 1 N–H and O–H groups in total. The van der Waals surface area contributed by atoms with Crippen LogP contribution in [0.3, 0.4) is 0 Å². The molecule has 0 fully saturated rings. The molecule has 1 amide bonds. The summed E-state index contributed by atoms with van der Waals surface area (Å²) in [5.41, 5.74) is 2.84. The van der Waals surface area contributed by atoms with Crippen LogP contribution in [0.25, 0.3) is 0 Å². The number of hydrogen-bond donors (Lipinski definition) is 1. The first-order valence-corrected chi connectivity index (χ1v) is 10.1. The number of ether oxygens (including phenoxy) is 2. The molecule has 32 heavy (non-hydrogen) atoms. The van der Waals surface area contributed by atoms with E-state index in [1.54, 1.807) is 37.3 Å². The average molecular weight is 475 g/mol. The van der Waals surface area contributed by atoms with Gasteiger partial charge in [0.05, 0.1) is 16.8 Å². The van der Waals surface area contributed by atoms with Gasteiger partial charge < -0.3 is 9.47 Å². The summed E-state index contributed by atoms with van der Waals surface area (Å²) in [6.45, 7) is 1.55. The van der Waals surface area contributed by atoms with E-state index < -0.39 is 23.8 Å². The molecule has 0 bridgehead atoms. The summed E-state index contributed by atoms with van der Waals surface area (Å²) >= 11 is 11.9. The molecule has 0 aliphatic rings. The molecule has 0 saturated carbocycles. The highest BCUT2D eigenvalue weighted by Gasteiger charge is 2.16. The molecule has 3 rings (SSSR count). The van der Waals surface area contributed by atoms with Gasteiger partial charge in [-0.3, -0.25) is 4.79 Å². The minimum atomic E-state index is -0.856. The van der Waals surface area contributed by atoms with Crippen molar-refractivity contribution in [2.24, 2.45) is 5.10 Å². The standard InChI is InChI=1S/C23H17Cl2FN2O4/c1-14(31-21-11-8-16(24)12-19(21)25)22(29)28-27-13-15-6-9-17(10-7-15)32-23(30)18-4-2-3-5-20(18)26/h2-14H,1H3,(H,28,29)/b27-13-/t14-/m0/s1. The Balaban J connectivity index is 1.52. The number of carbonyl (C=O) groups excluding carboxylic acids is 2. The van der Waals surface area contributed by atoms with Crippen LogP contribution < -0.4 is 14.9 Å². The number of nitrogens with one attached hydrogen (secondary N) is 1. The van der Waals surface area contributed by atoms with E-state index in [1.807, 2.05) is 0 Å². The zero-order valence-electron chi connectivity index (χ0n) is 16.7. The van der Waals surface area contributed by atoms with E-state index in [4.69, 9.17) is 32.7 Å². The van der Waals surface area contributed by atoms with Gasteiger partial charge in [-0.1, -0.05) is 35.3 Å². The number of hydrogen-bond acceptors (Lipinski definition) is 5. The molecule has 0 radical (unpaired) electrons. The lowest BCUT2D eigenvalue weighted by Gasteiger charge is -2.14. The molecule has 3 aromatic rings. The van der Waals surface area contributed by atoms with E-state index in [2.05, 4.69) is 10.5 Å². The van der Waals surface area contributed by atoms with Gasteiger partial charge in [0.25, 0.3) is 5.91 Å². The van der Waals surface area contributed by atoms with Crippen LogP contribution in [0.15, 0.2) is 71.8 Å². The lowest BCUT2D eigenvalue weighted by molar-refractivity contribution is -0.127. The number of halogens is 3. The molecular formula is C23H17Cl2FN2O4. The van der Waals surface area contributed by atoms with E-state index >= 15 is 0 Å². The van der Waals surface area contributed by atoms with E-state index in [0.717, 1.165) is 0 Å². The molecule has 0 heterocycles. The highest BCUT2D eigenvalue weighted by Crippen LogP contribution is 2.28. The van der Waals surface area contributed by atoms with Gasteiger partial charge in [0.2, 0.25) is 0 Å². The van der Waals surface area contributed by atoms with Gasteiger partial charge in [0.15, 0.2) is 6.10 Å². The first-order chi connectivity index (χ1) is 15.3. The van der Waals surface area contributed by atoms with Gasteiger partial charge in [-0.05, 0) is 67.1 Å². The number of amides is 1.